The highest BCUT2D eigenvalue weighted by Gasteiger charge is 2.28. The number of aliphatic carboxylic acids is 1. The van der Waals surface area contributed by atoms with Gasteiger partial charge in [-0.15, -0.1) is 69.6 Å². The Morgan fingerprint density at radius 3 is 1.55 bits per heavy atom. The molecule has 0 aliphatic rings. The van der Waals surface area contributed by atoms with E-state index in [1.807, 2.05) is 9.80 Å². The van der Waals surface area contributed by atoms with Crippen molar-refractivity contribution in [2.75, 3.05) is 49.1 Å². The predicted molar refractivity (Wildman–Crippen MR) is 131 cm³/mol. The van der Waals surface area contributed by atoms with Crippen LogP contribution in [-0.4, -0.2) is 92.9 Å². The van der Waals surface area contributed by atoms with Crippen molar-refractivity contribution in [1.29, 1.82) is 0 Å². The van der Waals surface area contributed by atoms with E-state index < -0.39 is 24.0 Å². The van der Waals surface area contributed by atoms with Crippen molar-refractivity contribution < 1.29 is 14.7 Å². The maximum atomic E-state index is 12.9. The van der Waals surface area contributed by atoms with E-state index in [0.717, 1.165) is 12.8 Å². The highest BCUT2D eigenvalue weighted by molar-refractivity contribution is 6.20. The van der Waals surface area contributed by atoms with Gasteiger partial charge in [0.05, 0.1) is 42.1 Å². The molecule has 0 rings (SSSR count). The van der Waals surface area contributed by atoms with Crippen LogP contribution in [0.1, 0.15) is 38.5 Å². The van der Waals surface area contributed by atoms with Crippen LogP contribution in [-0.2, 0) is 9.59 Å². The largest absolute Gasteiger partial charge is 0.480 e. The van der Waals surface area contributed by atoms with Crippen molar-refractivity contribution in [3.05, 3.63) is 0 Å². The lowest BCUT2D eigenvalue weighted by Gasteiger charge is -2.28. The third kappa shape index (κ3) is 13.8. The van der Waals surface area contributed by atoms with E-state index in [4.69, 9.17) is 69.6 Å². The third-order valence-corrected chi connectivity index (χ3v) is 6.73. The fourth-order valence-electron chi connectivity index (χ4n) is 2.86. The first-order chi connectivity index (χ1) is 14.9. The summed E-state index contributed by atoms with van der Waals surface area (Å²) in [6.07, 6.45) is 3.59. The van der Waals surface area contributed by atoms with Crippen LogP contribution in [0.2, 0.25) is 0 Å². The van der Waals surface area contributed by atoms with Gasteiger partial charge >= 0.3 is 5.97 Å². The quantitative estimate of drug-likeness (QED) is 0.130. The summed E-state index contributed by atoms with van der Waals surface area (Å²) in [7, 11) is 0. The van der Waals surface area contributed by atoms with Gasteiger partial charge in [0.25, 0.3) is 0 Å². The Bertz CT molecular complexity index is 483. The molecular weight excluding hydrogens is 533 g/mol. The van der Waals surface area contributed by atoms with Crippen molar-refractivity contribution in [2.24, 2.45) is 0 Å². The highest BCUT2D eigenvalue weighted by atomic mass is 35.5. The van der Waals surface area contributed by atoms with Crippen molar-refractivity contribution in [2.45, 2.75) is 50.6 Å². The number of amides is 1. The van der Waals surface area contributed by atoms with E-state index in [1.54, 1.807) is 4.90 Å². The molecule has 0 saturated carbocycles. The number of carboxylic acids is 1. The van der Waals surface area contributed by atoms with E-state index in [-0.39, 0.29) is 12.0 Å². The van der Waals surface area contributed by atoms with Crippen molar-refractivity contribution >= 4 is 81.5 Å². The summed E-state index contributed by atoms with van der Waals surface area (Å²) < 4.78 is 0. The number of nitrogens with zero attached hydrogens (tertiary/aromatic N) is 3. The fraction of sp³-hybridized carbons (Fsp3) is 0.889. The lowest BCUT2D eigenvalue weighted by Crippen LogP contribution is -2.51. The molecule has 0 fully saturated rings. The molecule has 0 bridgehead atoms. The van der Waals surface area contributed by atoms with Gasteiger partial charge in [0.15, 0.2) is 0 Å². The van der Waals surface area contributed by atoms with Crippen LogP contribution >= 0.6 is 69.6 Å². The predicted octanol–water partition coefficient (Wildman–Crippen LogP) is 4.35. The van der Waals surface area contributed by atoms with E-state index in [0.29, 0.717) is 62.8 Å². The van der Waals surface area contributed by atoms with Crippen LogP contribution in [0.15, 0.2) is 0 Å². The molecule has 2 atom stereocenters. The smallest absolute Gasteiger partial charge is 0.326 e. The molecule has 0 aromatic carbocycles. The Morgan fingerprint density at radius 2 is 1.16 bits per heavy atom. The van der Waals surface area contributed by atoms with E-state index in [1.165, 1.54) is 0 Å². The van der Waals surface area contributed by atoms with Crippen molar-refractivity contribution in [3.63, 3.8) is 0 Å². The summed E-state index contributed by atoms with van der Waals surface area (Å²) in [4.78, 5) is 29.8. The maximum Gasteiger partial charge on any atom is 0.326 e. The monoisotopic (exact) mass is 562 g/mol. The van der Waals surface area contributed by atoms with Crippen LogP contribution < -0.4 is 5.32 Å². The Balaban J connectivity index is 4.80. The molecule has 1 amide bonds. The second-order valence-corrected chi connectivity index (χ2v) is 8.44. The molecule has 0 aliphatic heterocycles. The molecule has 7 nitrogen and oxygen atoms in total. The van der Waals surface area contributed by atoms with Gasteiger partial charge in [0.2, 0.25) is 5.91 Å². The first-order valence-electron chi connectivity index (χ1n) is 9.96. The number of hydrogen-bond acceptors (Lipinski definition) is 5. The Kier molecular flexibility index (Phi) is 20.3. The van der Waals surface area contributed by atoms with Crippen molar-refractivity contribution in [1.82, 2.24) is 20.0 Å². The molecule has 0 aromatic heterocycles. The first kappa shape index (κ1) is 31.6. The molecule has 0 heterocycles. The number of rotatable bonds is 20. The summed E-state index contributed by atoms with van der Waals surface area (Å²) in [6.45, 7) is 1.35. The molecular formula is C18H32Cl6N4O3. The summed E-state index contributed by atoms with van der Waals surface area (Å²) in [5.74, 6) is -1.48. The van der Waals surface area contributed by atoms with Gasteiger partial charge in [-0.2, -0.15) is 0 Å². The van der Waals surface area contributed by atoms with E-state index >= 15 is 0 Å². The highest BCUT2D eigenvalue weighted by Crippen LogP contribution is 2.14. The molecule has 2 unspecified atom stereocenters. The summed E-state index contributed by atoms with van der Waals surface area (Å²) >= 11 is 35.0. The minimum atomic E-state index is -1.08. The molecule has 0 aromatic rings. The van der Waals surface area contributed by atoms with Crippen LogP contribution in [0.4, 0.5) is 0 Å². The third-order valence-electron chi connectivity index (χ3n) is 4.76. The van der Waals surface area contributed by atoms with Crippen LogP contribution in [0.5, 0.6) is 0 Å². The number of carbonyl (C=O) groups is 2. The summed E-state index contributed by atoms with van der Waals surface area (Å²) in [6, 6.07) is -0.225. The van der Waals surface area contributed by atoms with Gasteiger partial charge in [-0.05, 0) is 32.1 Å². The number of nitrogens with one attached hydrogen (secondary N) is 1. The van der Waals surface area contributed by atoms with Crippen LogP contribution in [0.3, 0.4) is 0 Å². The number of hydrogen-bond donors (Lipinski definition) is 2. The van der Waals surface area contributed by atoms with Gasteiger partial charge in [-0.3, -0.25) is 19.5 Å². The lowest BCUT2D eigenvalue weighted by atomic mass is 10.1. The molecule has 184 valence electrons. The topological polar surface area (TPSA) is 76.1 Å². The van der Waals surface area contributed by atoms with E-state index in [2.05, 4.69) is 5.32 Å². The van der Waals surface area contributed by atoms with Crippen molar-refractivity contribution in [3.8, 4) is 0 Å². The summed E-state index contributed by atoms with van der Waals surface area (Å²) in [5.41, 5.74) is 0. The number of carboxylic acid groups (broad SMARTS) is 1. The summed E-state index contributed by atoms with van der Waals surface area (Å²) in [5, 5.41) is 12.2. The van der Waals surface area contributed by atoms with Gasteiger partial charge < -0.3 is 10.4 Å². The van der Waals surface area contributed by atoms with Crippen LogP contribution in [0.25, 0.3) is 0 Å². The minimum absolute atomic E-state index is 0.0570. The number of unbranched alkanes of at least 4 members (excludes halogenated alkanes) is 2. The normalized spacial score (nSPS) is 13.7. The Labute approximate surface area is 215 Å². The molecule has 31 heavy (non-hydrogen) atoms. The first-order valence-corrected chi connectivity index (χ1v) is 13.2. The zero-order chi connectivity index (χ0) is 23.6. The molecule has 2 N–H and O–H groups in total. The average molecular weight is 565 g/mol. The minimum Gasteiger partial charge on any atom is -0.480 e. The fourth-order valence-corrected chi connectivity index (χ4v) is 4.44. The lowest BCUT2D eigenvalue weighted by molar-refractivity contribution is -0.143. The molecule has 0 spiro atoms. The molecule has 0 aliphatic carbocycles. The number of halogens is 6. The van der Waals surface area contributed by atoms with Crippen LogP contribution in [0, 0.1) is 0 Å². The standard InChI is InChI=1S/C18H32Cl6N4O3/c19-9-26(10-20)7-3-1-5-15(18(30)31)25-17(29)16(28(13-23)14-24)6-2-4-8-27(11-21)12-22/h15-16H,1-14H2,(H,25,29)(H,30,31). The van der Waals surface area contributed by atoms with Gasteiger partial charge in [0, 0.05) is 13.1 Å². The number of carbonyl (C=O) groups excluding carboxylic acids is 1. The Morgan fingerprint density at radius 1 is 0.710 bits per heavy atom. The Hall–Kier alpha value is 0.560. The second-order valence-electron chi connectivity index (χ2n) is 7.00. The second kappa shape index (κ2) is 20.0. The maximum absolute atomic E-state index is 12.9. The SMILES string of the molecule is O=C(O)C(CCCCN(CCl)CCl)NC(=O)C(CCCCN(CCl)CCl)N(CCl)CCl. The average Bonchev–Trinajstić information content (AvgIpc) is 2.77. The zero-order valence-corrected chi connectivity index (χ0v) is 22.0. The van der Waals surface area contributed by atoms with Gasteiger partial charge in [-0.25, -0.2) is 4.79 Å². The number of alkyl halides is 6. The van der Waals surface area contributed by atoms with Gasteiger partial charge in [-0.1, -0.05) is 6.42 Å². The molecule has 0 saturated heterocycles. The zero-order valence-electron chi connectivity index (χ0n) is 17.4. The molecule has 0 radical (unpaired) electrons. The van der Waals surface area contributed by atoms with E-state index in [9.17, 15) is 14.7 Å². The molecule has 13 heteroatoms. The van der Waals surface area contributed by atoms with Gasteiger partial charge in [0.1, 0.15) is 6.04 Å².